The van der Waals surface area contributed by atoms with Crippen molar-refractivity contribution in [3.8, 4) is 0 Å². The number of anilines is 1. The summed E-state index contributed by atoms with van der Waals surface area (Å²) in [4.78, 5) is 16.5. The molecule has 1 aliphatic heterocycles. The van der Waals surface area contributed by atoms with Crippen molar-refractivity contribution < 1.29 is 9.18 Å². The van der Waals surface area contributed by atoms with Gasteiger partial charge in [-0.2, -0.15) is 0 Å². The SMILES string of the molecule is O=C(Nc1ccc(F)c(Cl)c1)C1CC(c2ccccn2)NN1. The fraction of sp³-hybridized carbons (Fsp3) is 0.200. The van der Waals surface area contributed by atoms with Crippen LogP contribution in [0.5, 0.6) is 0 Å². The van der Waals surface area contributed by atoms with E-state index in [-0.39, 0.29) is 17.0 Å². The van der Waals surface area contributed by atoms with Crippen LogP contribution < -0.4 is 16.2 Å². The number of hydrogen-bond acceptors (Lipinski definition) is 4. The molecule has 5 nitrogen and oxygen atoms in total. The molecule has 3 rings (SSSR count). The Hall–Kier alpha value is -2.02. The lowest BCUT2D eigenvalue weighted by atomic mass is 10.1. The minimum absolute atomic E-state index is 0.0262. The third-order valence-electron chi connectivity index (χ3n) is 3.45. The summed E-state index contributed by atoms with van der Waals surface area (Å²) >= 11 is 5.70. The maximum absolute atomic E-state index is 13.1. The number of benzene rings is 1. The summed E-state index contributed by atoms with van der Waals surface area (Å²) < 4.78 is 13.1. The highest BCUT2D eigenvalue weighted by molar-refractivity contribution is 6.31. The van der Waals surface area contributed by atoms with Crippen molar-refractivity contribution in [3.05, 3.63) is 59.1 Å². The molecular formula is C15H14ClFN4O. The van der Waals surface area contributed by atoms with Gasteiger partial charge in [0.05, 0.1) is 16.8 Å². The van der Waals surface area contributed by atoms with E-state index in [0.29, 0.717) is 12.1 Å². The average Bonchev–Trinajstić information content (AvgIpc) is 3.02. The number of nitrogens with zero attached hydrogens (tertiary/aromatic N) is 1. The molecule has 0 bridgehead atoms. The molecule has 0 aliphatic carbocycles. The zero-order valence-corrected chi connectivity index (χ0v) is 12.3. The summed E-state index contributed by atoms with van der Waals surface area (Å²) in [6.45, 7) is 0. The van der Waals surface area contributed by atoms with Crippen LogP contribution in [0.1, 0.15) is 18.2 Å². The minimum atomic E-state index is -0.518. The molecule has 0 spiro atoms. The van der Waals surface area contributed by atoms with E-state index in [9.17, 15) is 9.18 Å². The summed E-state index contributed by atoms with van der Waals surface area (Å²) in [6, 6.07) is 9.27. The van der Waals surface area contributed by atoms with E-state index in [0.717, 1.165) is 5.69 Å². The molecular weight excluding hydrogens is 307 g/mol. The number of carbonyl (C=O) groups is 1. The van der Waals surface area contributed by atoms with Gasteiger partial charge >= 0.3 is 0 Å². The molecule has 1 amide bonds. The maximum Gasteiger partial charge on any atom is 0.242 e. The highest BCUT2D eigenvalue weighted by Gasteiger charge is 2.30. The zero-order chi connectivity index (χ0) is 15.5. The third-order valence-corrected chi connectivity index (χ3v) is 3.74. The van der Waals surface area contributed by atoms with Crippen LogP contribution in [-0.2, 0) is 4.79 Å². The molecule has 0 saturated carbocycles. The first-order chi connectivity index (χ1) is 10.6. The van der Waals surface area contributed by atoms with Gasteiger partial charge in [0.1, 0.15) is 11.9 Å². The second-order valence-corrected chi connectivity index (χ2v) is 5.41. The van der Waals surface area contributed by atoms with E-state index in [4.69, 9.17) is 11.6 Å². The first-order valence-electron chi connectivity index (χ1n) is 6.81. The molecule has 2 heterocycles. The Morgan fingerprint density at radius 1 is 1.32 bits per heavy atom. The zero-order valence-electron chi connectivity index (χ0n) is 11.5. The van der Waals surface area contributed by atoms with E-state index in [1.807, 2.05) is 18.2 Å². The van der Waals surface area contributed by atoms with Gasteiger partial charge < -0.3 is 5.32 Å². The number of rotatable bonds is 3. The van der Waals surface area contributed by atoms with Crippen LogP contribution in [-0.4, -0.2) is 16.9 Å². The predicted molar refractivity (Wildman–Crippen MR) is 81.7 cm³/mol. The quantitative estimate of drug-likeness (QED) is 0.812. The van der Waals surface area contributed by atoms with E-state index in [1.165, 1.54) is 18.2 Å². The van der Waals surface area contributed by atoms with Crippen molar-refractivity contribution in [3.63, 3.8) is 0 Å². The van der Waals surface area contributed by atoms with Gasteiger partial charge in [-0.05, 0) is 36.8 Å². The van der Waals surface area contributed by atoms with Gasteiger partial charge in [-0.15, -0.1) is 0 Å². The Balaban J connectivity index is 1.63. The normalized spacial score (nSPS) is 20.8. The highest BCUT2D eigenvalue weighted by Crippen LogP contribution is 2.22. The molecule has 2 unspecified atom stereocenters. The molecule has 22 heavy (non-hydrogen) atoms. The molecule has 1 aromatic heterocycles. The summed E-state index contributed by atoms with van der Waals surface area (Å²) in [5, 5.41) is 2.68. The van der Waals surface area contributed by atoms with Crippen LogP contribution in [0, 0.1) is 5.82 Å². The summed E-state index contributed by atoms with van der Waals surface area (Å²) in [5.74, 6) is -0.732. The lowest BCUT2D eigenvalue weighted by molar-refractivity contribution is -0.117. The van der Waals surface area contributed by atoms with Crippen molar-refractivity contribution in [2.24, 2.45) is 0 Å². The van der Waals surface area contributed by atoms with Crippen LogP contribution in [0.3, 0.4) is 0 Å². The summed E-state index contributed by atoms with van der Waals surface area (Å²) in [5.41, 5.74) is 7.32. The molecule has 1 saturated heterocycles. The molecule has 3 N–H and O–H groups in total. The van der Waals surface area contributed by atoms with Crippen molar-refractivity contribution in [2.75, 3.05) is 5.32 Å². The van der Waals surface area contributed by atoms with Gasteiger partial charge in [0.25, 0.3) is 0 Å². The molecule has 1 fully saturated rings. The van der Waals surface area contributed by atoms with Gasteiger partial charge in [-0.25, -0.2) is 15.2 Å². The van der Waals surface area contributed by atoms with E-state index >= 15 is 0 Å². The molecule has 1 aliphatic rings. The fourth-order valence-corrected chi connectivity index (χ4v) is 2.49. The van der Waals surface area contributed by atoms with Crippen LogP contribution in [0.15, 0.2) is 42.6 Å². The standard InChI is InChI=1S/C15H14ClFN4O/c16-10-7-9(4-5-11(10)17)19-15(22)14-8-13(20-21-14)12-3-1-2-6-18-12/h1-7,13-14,20-21H,8H2,(H,19,22). The van der Waals surface area contributed by atoms with E-state index in [2.05, 4.69) is 21.2 Å². The first-order valence-corrected chi connectivity index (χ1v) is 7.19. The first kappa shape index (κ1) is 14.9. The number of amides is 1. The minimum Gasteiger partial charge on any atom is -0.325 e. The van der Waals surface area contributed by atoms with E-state index < -0.39 is 11.9 Å². The monoisotopic (exact) mass is 320 g/mol. The molecule has 2 aromatic rings. The van der Waals surface area contributed by atoms with E-state index in [1.54, 1.807) is 6.20 Å². The molecule has 114 valence electrons. The number of aromatic nitrogens is 1. The maximum atomic E-state index is 13.1. The predicted octanol–water partition coefficient (Wildman–Crippen LogP) is 2.42. The molecule has 2 atom stereocenters. The van der Waals surface area contributed by atoms with Gasteiger partial charge in [0.15, 0.2) is 0 Å². The lowest BCUT2D eigenvalue weighted by Gasteiger charge is -2.11. The fourth-order valence-electron chi connectivity index (χ4n) is 2.31. The Labute approximate surface area is 131 Å². The van der Waals surface area contributed by atoms with Crippen molar-refractivity contribution >= 4 is 23.2 Å². The largest absolute Gasteiger partial charge is 0.325 e. The van der Waals surface area contributed by atoms with Crippen LogP contribution in [0.2, 0.25) is 5.02 Å². The number of pyridine rings is 1. The van der Waals surface area contributed by atoms with Crippen LogP contribution in [0.25, 0.3) is 0 Å². The van der Waals surface area contributed by atoms with Gasteiger partial charge in [0, 0.05) is 11.9 Å². The Morgan fingerprint density at radius 2 is 2.18 bits per heavy atom. The number of halogens is 2. The number of carbonyl (C=O) groups excluding carboxylic acids is 1. The van der Waals surface area contributed by atoms with Gasteiger partial charge in [-0.1, -0.05) is 17.7 Å². The highest BCUT2D eigenvalue weighted by atomic mass is 35.5. The van der Waals surface area contributed by atoms with Gasteiger partial charge in [0.2, 0.25) is 5.91 Å². The number of nitrogens with one attached hydrogen (secondary N) is 3. The van der Waals surface area contributed by atoms with Crippen molar-refractivity contribution in [2.45, 2.75) is 18.5 Å². The average molecular weight is 321 g/mol. The molecule has 1 aromatic carbocycles. The second kappa shape index (κ2) is 6.39. The molecule has 7 heteroatoms. The van der Waals surface area contributed by atoms with Crippen molar-refractivity contribution in [1.29, 1.82) is 0 Å². The molecule has 0 radical (unpaired) electrons. The third kappa shape index (κ3) is 3.24. The Bertz CT molecular complexity index is 682. The lowest BCUT2D eigenvalue weighted by Crippen LogP contribution is -2.39. The number of hydrogen-bond donors (Lipinski definition) is 3. The van der Waals surface area contributed by atoms with Crippen molar-refractivity contribution in [1.82, 2.24) is 15.8 Å². The summed E-state index contributed by atoms with van der Waals surface area (Å²) in [6.07, 6.45) is 2.28. The second-order valence-electron chi connectivity index (χ2n) is 5.00. The van der Waals surface area contributed by atoms with Crippen LogP contribution in [0.4, 0.5) is 10.1 Å². The van der Waals surface area contributed by atoms with Crippen LogP contribution >= 0.6 is 11.6 Å². The van der Waals surface area contributed by atoms with Gasteiger partial charge in [-0.3, -0.25) is 9.78 Å². The topological polar surface area (TPSA) is 66.0 Å². The number of hydrazine groups is 1. The Morgan fingerprint density at radius 3 is 2.91 bits per heavy atom. The Kier molecular flexibility index (Phi) is 4.33. The summed E-state index contributed by atoms with van der Waals surface area (Å²) in [7, 11) is 0. The smallest absolute Gasteiger partial charge is 0.242 e.